The molecule has 2 aromatic carbocycles. The summed E-state index contributed by atoms with van der Waals surface area (Å²) in [5.41, 5.74) is 0.600. The summed E-state index contributed by atoms with van der Waals surface area (Å²) in [7, 11) is 0. The topological polar surface area (TPSA) is 105 Å². The Bertz CT molecular complexity index is 1260. The summed E-state index contributed by atoms with van der Waals surface area (Å²) < 4.78 is 27.0. The number of imide groups is 1. The van der Waals surface area contributed by atoms with Gasteiger partial charge in [0.15, 0.2) is 11.6 Å². The molecule has 0 spiro atoms. The smallest absolute Gasteiger partial charge is 0.278 e. The van der Waals surface area contributed by atoms with Crippen LogP contribution >= 0.6 is 0 Å². The molecule has 2 heterocycles. The lowest BCUT2D eigenvalue weighted by Gasteiger charge is -2.15. The number of non-ortho nitro benzene ring substituents is 1. The molecule has 1 N–H and O–H groups in total. The van der Waals surface area contributed by atoms with Crippen LogP contribution in [0, 0.1) is 21.7 Å². The Morgan fingerprint density at radius 1 is 0.938 bits per heavy atom. The van der Waals surface area contributed by atoms with Gasteiger partial charge in [0.2, 0.25) is 0 Å². The molecule has 160 valence electrons. The Balaban J connectivity index is 1.76. The molecule has 1 aliphatic rings. The van der Waals surface area contributed by atoms with Gasteiger partial charge in [0.05, 0.1) is 17.0 Å². The Morgan fingerprint density at radius 3 is 2.25 bits per heavy atom. The van der Waals surface area contributed by atoms with Gasteiger partial charge >= 0.3 is 0 Å². The van der Waals surface area contributed by atoms with Gasteiger partial charge < -0.3 is 5.32 Å². The number of carbonyl (C=O) groups excluding carboxylic acids is 2. The van der Waals surface area contributed by atoms with Gasteiger partial charge in [-0.05, 0) is 47.5 Å². The largest absolute Gasteiger partial charge is 0.350 e. The highest BCUT2D eigenvalue weighted by molar-refractivity contribution is 6.36. The predicted molar refractivity (Wildman–Crippen MR) is 110 cm³/mol. The van der Waals surface area contributed by atoms with Crippen LogP contribution in [0.5, 0.6) is 0 Å². The van der Waals surface area contributed by atoms with Crippen molar-refractivity contribution in [2.24, 2.45) is 0 Å². The van der Waals surface area contributed by atoms with Crippen molar-refractivity contribution in [3.05, 3.63) is 106 Å². The molecule has 8 nitrogen and oxygen atoms in total. The Morgan fingerprint density at radius 2 is 1.62 bits per heavy atom. The third-order valence-electron chi connectivity index (χ3n) is 4.81. The second-order valence-corrected chi connectivity index (χ2v) is 6.86. The summed E-state index contributed by atoms with van der Waals surface area (Å²) in [6.45, 7) is -0.0420. The maximum Gasteiger partial charge on any atom is 0.278 e. The number of nitro groups is 1. The van der Waals surface area contributed by atoms with E-state index in [4.69, 9.17) is 0 Å². The monoisotopic (exact) mass is 436 g/mol. The highest BCUT2D eigenvalue weighted by atomic mass is 19.2. The van der Waals surface area contributed by atoms with E-state index in [-0.39, 0.29) is 34.8 Å². The molecular weight excluding hydrogens is 422 g/mol. The lowest BCUT2D eigenvalue weighted by Crippen LogP contribution is -2.32. The molecule has 3 aromatic rings. The molecule has 10 heteroatoms. The predicted octanol–water partition coefficient (Wildman–Crippen LogP) is 3.66. The lowest BCUT2D eigenvalue weighted by molar-refractivity contribution is -0.384. The van der Waals surface area contributed by atoms with Gasteiger partial charge in [-0.15, -0.1) is 0 Å². The second-order valence-electron chi connectivity index (χ2n) is 6.86. The average molecular weight is 436 g/mol. The van der Waals surface area contributed by atoms with E-state index >= 15 is 0 Å². The van der Waals surface area contributed by atoms with Crippen molar-refractivity contribution in [2.45, 2.75) is 6.54 Å². The first-order valence-corrected chi connectivity index (χ1v) is 9.31. The number of hydrogen-bond donors (Lipinski definition) is 1. The molecule has 2 amide bonds. The van der Waals surface area contributed by atoms with Crippen LogP contribution in [0.4, 0.5) is 20.2 Å². The number of carbonyl (C=O) groups is 2. The third kappa shape index (κ3) is 3.93. The zero-order valence-corrected chi connectivity index (χ0v) is 16.3. The first-order valence-electron chi connectivity index (χ1n) is 9.31. The standard InChI is InChI=1S/C22H14F2N4O4/c23-17-6-3-15(11-18(17)24)26-20-19(14-1-4-16(5-2-14)28(31)32)21(29)27(22(20)30)12-13-7-9-25-10-8-13/h1-11,26H,12H2. The van der Waals surface area contributed by atoms with E-state index in [1.165, 1.54) is 42.7 Å². The fraction of sp³-hybridized carbons (Fsp3) is 0.0455. The number of aromatic nitrogens is 1. The molecule has 4 rings (SSSR count). The minimum Gasteiger partial charge on any atom is -0.350 e. The van der Waals surface area contributed by atoms with Crippen LogP contribution in [0.25, 0.3) is 5.57 Å². The maximum atomic E-state index is 13.7. The van der Waals surface area contributed by atoms with Crippen molar-refractivity contribution in [3.8, 4) is 0 Å². The maximum absolute atomic E-state index is 13.7. The van der Waals surface area contributed by atoms with E-state index in [9.17, 15) is 28.5 Å². The molecule has 0 bridgehead atoms. The fourth-order valence-corrected chi connectivity index (χ4v) is 3.24. The quantitative estimate of drug-likeness (QED) is 0.359. The van der Waals surface area contributed by atoms with E-state index in [1.807, 2.05) is 0 Å². The van der Waals surface area contributed by atoms with Gasteiger partial charge in [-0.2, -0.15) is 0 Å². The molecule has 0 saturated heterocycles. The normalized spacial score (nSPS) is 13.6. The number of anilines is 1. The number of pyridine rings is 1. The molecule has 0 saturated carbocycles. The number of rotatable bonds is 6. The minimum absolute atomic E-state index is 0.0383. The van der Waals surface area contributed by atoms with Crippen molar-refractivity contribution in [3.63, 3.8) is 0 Å². The number of benzene rings is 2. The first kappa shape index (κ1) is 20.8. The van der Waals surface area contributed by atoms with E-state index in [2.05, 4.69) is 10.3 Å². The number of nitrogens with zero attached hydrogens (tertiary/aromatic N) is 3. The van der Waals surface area contributed by atoms with Gasteiger partial charge in [-0.25, -0.2) is 8.78 Å². The second kappa shape index (κ2) is 8.34. The summed E-state index contributed by atoms with van der Waals surface area (Å²) in [5, 5.41) is 13.7. The third-order valence-corrected chi connectivity index (χ3v) is 4.81. The Kier molecular flexibility index (Phi) is 5.42. The highest BCUT2D eigenvalue weighted by Gasteiger charge is 2.39. The van der Waals surface area contributed by atoms with E-state index < -0.39 is 28.4 Å². The highest BCUT2D eigenvalue weighted by Crippen LogP contribution is 2.32. The van der Waals surface area contributed by atoms with Crippen LogP contribution in [-0.2, 0) is 16.1 Å². The van der Waals surface area contributed by atoms with E-state index in [0.29, 0.717) is 5.56 Å². The number of nitro benzene ring substituents is 1. The van der Waals surface area contributed by atoms with Crippen LogP contribution in [0.1, 0.15) is 11.1 Å². The average Bonchev–Trinajstić information content (AvgIpc) is 3.01. The molecule has 0 radical (unpaired) electrons. The molecule has 0 aliphatic carbocycles. The van der Waals surface area contributed by atoms with Gasteiger partial charge in [0.1, 0.15) is 5.70 Å². The lowest BCUT2D eigenvalue weighted by atomic mass is 10.0. The summed E-state index contributed by atoms with van der Waals surface area (Å²) in [5.74, 6) is -3.50. The SMILES string of the molecule is O=C1C(Nc2ccc(F)c(F)c2)=C(c2ccc([N+](=O)[O-])cc2)C(=O)N1Cc1ccncc1. The van der Waals surface area contributed by atoms with E-state index in [1.54, 1.807) is 12.1 Å². The number of hydrogen-bond acceptors (Lipinski definition) is 6. The number of halogens is 2. The molecule has 32 heavy (non-hydrogen) atoms. The van der Waals surface area contributed by atoms with Crippen LogP contribution in [0.3, 0.4) is 0 Å². The van der Waals surface area contributed by atoms with Crippen molar-refractivity contribution in [1.82, 2.24) is 9.88 Å². The van der Waals surface area contributed by atoms with Crippen molar-refractivity contribution < 1.29 is 23.3 Å². The zero-order chi connectivity index (χ0) is 22.8. The zero-order valence-electron chi connectivity index (χ0n) is 16.3. The minimum atomic E-state index is -1.13. The van der Waals surface area contributed by atoms with Crippen molar-refractivity contribution >= 4 is 28.8 Å². The fourth-order valence-electron chi connectivity index (χ4n) is 3.24. The summed E-state index contributed by atoms with van der Waals surface area (Å²) in [4.78, 5) is 41.6. The van der Waals surface area contributed by atoms with Gasteiger partial charge in [-0.1, -0.05) is 0 Å². The first-order chi connectivity index (χ1) is 15.3. The Hall–Kier alpha value is -4.47. The number of nitrogens with one attached hydrogen (secondary N) is 1. The van der Waals surface area contributed by atoms with Gasteiger partial charge in [0.25, 0.3) is 17.5 Å². The van der Waals surface area contributed by atoms with E-state index in [0.717, 1.165) is 17.0 Å². The number of amides is 2. The Labute approximate surface area is 180 Å². The van der Waals surface area contributed by atoms with Crippen LogP contribution < -0.4 is 5.32 Å². The molecule has 0 fully saturated rings. The molecule has 0 unspecified atom stereocenters. The van der Waals surface area contributed by atoms with Crippen LogP contribution in [-0.4, -0.2) is 26.6 Å². The summed E-state index contributed by atoms with van der Waals surface area (Å²) >= 11 is 0. The summed E-state index contributed by atoms with van der Waals surface area (Å²) in [6.07, 6.45) is 3.04. The van der Waals surface area contributed by atoms with Gasteiger partial charge in [0, 0.05) is 36.3 Å². The molecule has 1 aromatic heterocycles. The van der Waals surface area contributed by atoms with Crippen LogP contribution in [0.2, 0.25) is 0 Å². The molecule has 0 atom stereocenters. The molecular formula is C22H14F2N4O4. The molecule has 1 aliphatic heterocycles. The van der Waals surface area contributed by atoms with Gasteiger partial charge in [-0.3, -0.25) is 29.6 Å². The van der Waals surface area contributed by atoms with Crippen molar-refractivity contribution in [2.75, 3.05) is 5.32 Å². The summed E-state index contributed by atoms with van der Waals surface area (Å²) in [6, 6.07) is 11.4. The van der Waals surface area contributed by atoms with Crippen molar-refractivity contribution in [1.29, 1.82) is 0 Å². The van der Waals surface area contributed by atoms with Crippen LogP contribution in [0.15, 0.2) is 72.7 Å².